The maximum Gasteiger partial charge on any atom is 0.306 e. The van der Waals surface area contributed by atoms with E-state index in [1.54, 1.807) is 0 Å². The Morgan fingerprint density at radius 3 is 0.700 bits per heavy atom. The van der Waals surface area contributed by atoms with E-state index in [4.69, 9.17) is 14.2 Å². The molecule has 70 heavy (non-hydrogen) atoms. The number of rotatable bonds is 58. The van der Waals surface area contributed by atoms with Crippen LogP contribution in [0.3, 0.4) is 0 Å². The molecule has 0 aliphatic carbocycles. The van der Waals surface area contributed by atoms with E-state index in [2.05, 4.69) is 34.6 Å². The molecule has 0 aromatic carbocycles. The topological polar surface area (TPSA) is 78.9 Å². The summed E-state index contributed by atoms with van der Waals surface area (Å²) in [7, 11) is 0. The molecule has 1 atom stereocenters. The van der Waals surface area contributed by atoms with Gasteiger partial charge in [0.05, 0.1) is 0 Å². The van der Waals surface area contributed by atoms with Gasteiger partial charge < -0.3 is 14.2 Å². The first-order valence-electron chi connectivity index (χ1n) is 31.7. The summed E-state index contributed by atoms with van der Waals surface area (Å²) < 4.78 is 17.0. The van der Waals surface area contributed by atoms with Crippen LogP contribution in [0.5, 0.6) is 0 Å². The van der Waals surface area contributed by atoms with Crippen LogP contribution in [-0.2, 0) is 28.6 Å². The van der Waals surface area contributed by atoms with Gasteiger partial charge in [-0.25, -0.2) is 0 Å². The minimum absolute atomic E-state index is 0.0618. The first kappa shape index (κ1) is 68.4. The lowest BCUT2D eigenvalue weighted by Crippen LogP contribution is -2.30. The molecular formula is C64H124O6. The van der Waals surface area contributed by atoms with E-state index in [0.717, 1.165) is 69.6 Å². The molecule has 0 spiro atoms. The van der Waals surface area contributed by atoms with Gasteiger partial charge in [-0.1, -0.05) is 324 Å². The van der Waals surface area contributed by atoms with Gasteiger partial charge in [-0.2, -0.15) is 0 Å². The number of esters is 3. The fourth-order valence-corrected chi connectivity index (χ4v) is 9.93. The Morgan fingerprint density at radius 1 is 0.271 bits per heavy atom. The highest BCUT2D eigenvalue weighted by molar-refractivity contribution is 5.71. The first-order chi connectivity index (χ1) is 34.2. The molecule has 6 heteroatoms. The molecule has 0 aromatic heterocycles. The predicted molar refractivity (Wildman–Crippen MR) is 303 cm³/mol. The lowest BCUT2D eigenvalue weighted by molar-refractivity contribution is -0.167. The molecule has 0 bridgehead atoms. The van der Waals surface area contributed by atoms with Crippen molar-refractivity contribution in [1.29, 1.82) is 0 Å². The van der Waals surface area contributed by atoms with Crippen LogP contribution in [0.4, 0.5) is 0 Å². The van der Waals surface area contributed by atoms with Crippen molar-refractivity contribution >= 4 is 17.9 Å². The van der Waals surface area contributed by atoms with Crippen molar-refractivity contribution in [2.24, 2.45) is 11.8 Å². The third-order valence-electron chi connectivity index (χ3n) is 14.7. The molecule has 0 aliphatic heterocycles. The van der Waals surface area contributed by atoms with E-state index in [-0.39, 0.29) is 31.1 Å². The second-order valence-electron chi connectivity index (χ2n) is 23.0. The molecule has 0 rings (SSSR count). The number of ether oxygens (including phenoxy) is 3. The first-order valence-corrected chi connectivity index (χ1v) is 31.7. The van der Waals surface area contributed by atoms with Gasteiger partial charge in [0, 0.05) is 19.3 Å². The number of carbonyl (C=O) groups excluding carboxylic acids is 3. The second kappa shape index (κ2) is 56.7. The summed E-state index contributed by atoms with van der Waals surface area (Å²) in [6, 6.07) is 0. The highest BCUT2D eigenvalue weighted by Gasteiger charge is 2.19. The third kappa shape index (κ3) is 57.3. The van der Waals surface area contributed by atoms with Crippen molar-refractivity contribution < 1.29 is 28.6 Å². The molecule has 0 saturated carbocycles. The Bertz CT molecular complexity index is 1070. The van der Waals surface area contributed by atoms with Crippen molar-refractivity contribution in [1.82, 2.24) is 0 Å². The van der Waals surface area contributed by atoms with Crippen LogP contribution < -0.4 is 0 Å². The van der Waals surface area contributed by atoms with Gasteiger partial charge in [-0.15, -0.1) is 0 Å². The molecule has 0 amide bonds. The fourth-order valence-electron chi connectivity index (χ4n) is 9.93. The predicted octanol–water partition coefficient (Wildman–Crippen LogP) is 21.2. The summed E-state index contributed by atoms with van der Waals surface area (Å²) in [6.45, 7) is 11.5. The Balaban J connectivity index is 4.28. The van der Waals surface area contributed by atoms with Gasteiger partial charge in [0.2, 0.25) is 0 Å². The lowest BCUT2D eigenvalue weighted by Gasteiger charge is -2.18. The number of hydrogen-bond donors (Lipinski definition) is 0. The number of unbranched alkanes of at least 4 members (excludes halogenated alkanes) is 43. The van der Waals surface area contributed by atoms with Crippen LogP contribution in [0.1, 0.15) is 362 Å². The van der Waals surface area contributed by atoms with E-state index >= 15 is 0 Å². The summed E-state index contributed by atoms with van der Waals surface area (Å²) in [4.78, 5) is 38.3. The van der Waals surface area contributed by atoms with Crippen molar-refractivity contribution in [2.75, 3.05) is 13.2 Å². The SMILES string of the molecule is CCCCCCCCCCCCCCCCCC(=O)OC[C@@H](COC(=O)CCCCCCCCCCCCCCCCCCC(C)C)OC(=O)CCCCCCCCCCCCCCCCCC(C)C. The normalized spacial score (nSPS) is 12.0. The molecular weight excluding hydrogens is 865 g/mol. The fraction of sp³-hybridized carbons (Fsp3) is 0.953. The zero-order chi connectivity index (χ0) is 51.1. The van der Waals surface area contributed by atoms with Crippen LogP contribution in [0, 0.1) is 11.8 Å². The van der Waals surface area contributed by atoms with Crippen LogP contribution >= 0.6 is 0 Å². The van der Waals surface area contributed by atoms with Gasteiger partial charge in [0.15, 0.2) is 6.10 Å². The molecule has 0 aliphatic rings. The molecule has 0 heterocycles. The van der Waals surface area contributed by atoms with Crippen LogP contribution in [0.15, 0.2) is 0 Å². The van der Waals surface area contributed by atoms with Gasteiger partial charge in [-0.3, -0.25) is 14.4 Å². The average molecular weight is 990 g/mol. The third-order valence-corrected chi connectivity index (χ3v) is 14.7. The standard InChI is InChI=1S/C64H124O6/c1-6-7-8-9-10-11-12-13-17-24-29-34-39-44-49-54-62(65)68-57-61(70-64(67)56-51-46-41-36-31-26-21-16-19-23-28-33-38-43-48-53-60(4)5)58-69-63(66)55-50-45-40-35-30-25-20-15-14-18-22-27-32-37-42-47-52-59(2)3/h59-61H,6-58H2,1-5H3/t61-/m0/s1. The van der Waals surface area contributed by atoms with E-state index in [0.29, 0.717) is 19.3 Å². The molecule has 416 valence electrons. The van der Waals surface area contributed by atoms with Gasteiger partial charge >= 0.3 is 17.9 Å². The Labute approximate surface area is 438 Å². The quantitative estimate of drug-likeness (QED) is 0.0343. The van der Waals surface area contributed by atoms with E-state index in [1.807, 2.05) is 0 Å². The van der Waals surface area contributed by atoms with Crippen molar-refractivity contribution in [3.05, 3.63) is 0 Å². The molecule has 0 N–H and O–H groups in total. The maximum absolute atomic E-state index is 12.9. The Morgan fingerprint density at radius 2 is 0.471 bits per heavy atom. The van der Waals surface area contributed by atoms with Crippen molar-refractivity contribution in [2.45, 2.75) is 368 Å². The van der Waals surface area contributed by atoms with E-state index in [9.17, 15) is 14.4 Å². The maximum atomic E-state index is 12.9. The Kier molecular flexibility index (Phi) is 55.4. The summed E-state index contributed by atoms with van der Waals surface area (Å²) in [5.41, 5.74) is 0. The largest absolute Gasteiger partial charge is 0.462 e. The Hall–Kier alpha value is -1.59. The van der Waals surface area contributed by atoms with Gasteiger partial charge in [0.1, 0.15) is 13.2 Å². The molecule has 0 unspecified atom stereocenters. The molecule has 0 aromatic rings. The molecule has 0 fully saturated rings. The summed E-state index contributed by atoms with van der Waals surface area (Å²) in [5.74, 6) is 0.870. The van der Waals surface area contributed by atoms with Gasteiger partial charge in [-0.05, 0) is 31.1 Å². The van der Waals surface area contributed by atoms with Crippen LogP contribution in [-0.4, -0.2) is 37.2 Å². The lowest BCUT2D eigenvalue weighted by atomic mass is 10.0. The van der Waals surface area contributed by atoms with Crippen molar-refractivity contribution in [3.63, 3.8) is 0 Å². The minimum atomic E-state index is -0.763. The highest BCUT2D eigenvalue weighted by atomic mass is 16.6. The summed E-state index contributed by atoms with van der Waals surface area (Å²) in [5, 5.41) is 0. The smallest absolute Gasteiger partial charge is 0.306 e. The number of hydrogen-bond acceptors (Lipinski definition) is 6. The monoisotopic (exact) mass is 989 g/mol. The van der Waals surface area contributed by atoms with E-state index in [1.165, 1.54) is 250 Å². The zero-order valence-corrected chi connectivity index (χ0v) is 48.2. The molecule has 6 nitrogen and oxygen atoms in total. The van der Waals surface area contributed by atoms with Crippen LogP contribution in [0.2, 0.25) is 0 Å². The molecule has 0 radical (unpaired) electrons. The molecule has 0 saturated heterocycles. The summed E-state index contributed by atoms with van der Waals surface area (Å²) in [6.07, 6.45) is 62.4. The summed E-state index contributed by atoms with van der Waals surface area (Å²) >= 11 is 0. The highest BCUT2D eigenvalue weighted by Crippen LogP contribution is 2.19. The van der Waals surface area contributed by atoms with Crippen LogP contribution in [0.25, 0.3) is 0 Å². The van der Waals surface area contributed by atoms with Gasteiger partial charge in [0.25, 0.3) is 0 Å². The number of carbonyl (C=O) groups is 3. The van der Waals surface area contributed by atoms with E-state index < -0.39 is 6.10 Å². The zero-order valence-electron chi connectivity index (χ0n) is 48.2. The minimum Gasteiger partial charge on any atom is -0.462 e. The van der Waals surface area contributed by atoms with Crippen molar-refractivity contribution in [3.8, 4) is 0 Å². The average Bonchev–Trinajstić information content (AvgIpc) is 3.33. The second-order valence-corrected chi connectivity index (χ2v) is 23.0.